The number of fused-ring (bicyclic) bond motifs is 3. The Bertz CT molecular complexity index is 748. The van der Waals surface area contributed by atoms with Crippen molar-refractivity contribution in [2.24, 2.45) is 0 Å². The minimum Gasteiger partial charge on any atom is -0.247 e. The molecule has 0 fully saturated rings. The van der Waals surface area contributed by atoms with E-state index < -0.39 is 0 Å². The normalized spacial score (nSPS) is 17.7. The smallest absolute Gasteiger partial charge is 0.162 e. The second kappa shape index (κ2) is 4.05. The van der Waals surface area contributed by atoms with E-state index in [9.17, 15) is 0 Å². The Morgan fingerprint density at radius 3 is 2.85 bits per heavy atom. The van der Waals surface area contributed by atoms with Crippen LogP contribution in [-0.2, 0) is 0 Å². The fourth-order valence-electron chi connectivity index (χ4n) is 2.89. The lowest BCUT2D eigenvalue weighted by Gasteiger charge is -2.16. The van der Waals surface area contributed by atoms with Crippen LogP contribution in [0, 0.1) is 6.92 Å². The Labute approximate surface area is 117 Å². The summed E-state index contributed by atoms with van der Waals surface area (Å²) in [5, 5.41) is 1.96. The zero-order chi connectivity index (χ0) is 13.7. The van der Waals surface area contributed by atoms with Crippen molar-refractivity contribution in [1.82, 2.24) is 20.1 Å². The molecule has 0 saturated carbocycles. The van der Waals surface area contributed by atoms with Gasteiger partial charge in [-0.3, -0.25) is 0 Å². The van der Waals surface area contributed by atoms with Crippen LogP contribution in [0.15, 0.2) is 42.9 Å². The Morgan fingerprint density at radius 2 is 2.00 bits per heavy atom. The van der Waals surface area contributed by atoms with Crippen molar-refractivity contribution in [3.63, 3.8) is 0 Å². The maximum absolute atomic E-state index is 4.38. The number of aryl methyl sites for hydroxylation is 1. The van der Waals surface area contributed by atoms with Crippen LogP contribution in [-0.4, -0.2) is 21.7 Å². The lowest BCUT2D eigenvalue weighted by Crippen LogP contribution is -2.36. The average molecular weight is 265 g/mol. The molecule has 0 aromatic heterocycles. The fourth-order valence-corrected chi connectivity index (χ4v) is 2.89. The molecule has 4 rings (SSSR count). The first-order chi connectivity index (χ1) is 9.75. The standard InChI is InChI=1S/C15H15N5/c1-10-5-3-4-6-11(10)13-14-12-7-8-16-15(12)17-9-20(14)19(2)18-13/h3-9,13,18H,1-2H3. The number of nitrogens with one attached hydrogen (secondary N) is 1. The molecule has 3 aliphatic heterocycles. The van der Waals surface area contributed by atoms with E-state index in [0.29, 0.717) is 0 Å². The van der Waals surface area contributed by atoms with Gasteiger partial charge in [0.15, 0.2) is 5.82 Å². The molecule has 5 heteroatoms. The minimum absolute atomic E-state index is 0.121. The molecule has 1 aromatic carbocycles. The Morgan fingerprint density at radius 1 is 1.15 bits per heavy atom. The van der Waals surface area contributed by atoms with Gasteiger partial charge in [-0.1, -0.05) is 24.3 Å². The maximum Gasteiger partial charge on any atom is 0.162 e. The third kappa shape index (κ3) is 1.47. The molecule has 0 bridgehead atoms. The quantitative estimate of drug-likeness (QED) is 0.729. The topological polar surface area (TPSA) is 46.0 Å². The first-order valence-corrected chi connectivity index (χ1v) is 6.63. The zero-order valence-electron chi connectivity index (χ0n) is 11.4. The molecule has 3 aliphatic rings. The van der Waals surface area contributed by atoms with Crippen molar-refractivity contribution in [2.75, 3.05) is 12.2 Å². The van der Waals surface area contributed by atoms with Crippen LogP contribution in [0.4, 0.5) is 0 Å². The van der Waals surface area contributed by atoms with Gasteiger partial charge in [0.2, 0.25) is 0 Å². The van der Waals surface area contributed by atoms with Gasteiger partial charge in [0.05, 0.1) is 11.7 Å². The van der Waals surface area contributed by atoms with Gasteiger partial charge in [-0.25, -0.2) is 25.2 Å². The molecular weight excluding hydrogens is 250 g/mol. The van der Waals surface area contributed by atoms with Crippen LogP contribution < -0.4 is 10.5 Å². The summed E-state index contributed by atoms with van der Waals surface area (Å²) in [6.07, 6.45) is 3.63. The molecule has 0 aliphatic carbocycles. The number of hydrazine groups is 1. The van der Waals surface area contributed by atoms with Crippen molar-refractivity contribution in [2.45, 2.75) is 13.0 Å². The monoisotopic (exact) mass is 265 g/mol. The fraction of sp³-hybridized carbons (Fsp3) is 0.200. The van der Waals surface area contributed by atoms with Gasteiger partial charge < -0.3 is 0 Å². The third-order valence-electron chi connectivity index (χ3n) is 3.90. The zero-order valence-corrected chi connectivity index (χ0v) is 11.4. The van der Waals surface area contributed by atoms with E-state index in [4.69, 9.17) is 0 Å². The summed E-state index contributed by atoms with van der Waals surface area (Å²) in [7, 11) is 1.99. The third-order valence-corrected chi connectivity index (χ3v) is 3.90. The van der Waals surface area contributed by atoms with Crippen LogP contribution in [0.1, 0.15) is 22.9 Å². The summed E-state index contributed by atoms with van der Waals surface area (Å²) >= 11 is 0. The van der Waals surface area contributed by atoms with Crippen molar-refractivity contribution < 1.29 is 0 Å². The molecular formula is C15H15N5. The highest BCUT2D eigenvalue weighted by Crippen LogP contribution is 2.35. The molecule has 3 heterocycles. The van der Waals surface area contributed by atoms with E-state index in [0.717, 1.165) is 11.4 Å². The molecule has 20 heavy (non-hydrogen) atoms. The molecule has 0 amide bonds. The number of nitrogens with zero attached hydrogens (tertiary/aromatic N) is 4. The van der Waals surface area contributed by atoms with Gasteiger partial charge in [-0.2, -0.15) is 0 Å². The Balaban J connectivity index is 1.96. The van der Waals surface area contributed by atoms with E-state index in [2.05, 4.69) is 46.6 Å². The predicted molar refractivity (Wildman–Crippen MR) is 76.9 cm³/mol. The molecule has 0 saturated heterocycles. The molecule has 100 valence electrons. The maximum atomic E-state index is 4.38. The van der Waals surface area contributed by atoms with E-state index >= 15 is 0 Å². The minimum atomic E-state index is 0.121. The predicted octanol–water partition coefficient (Wildman–Crippen LogP) is 1.87. The van der Waals surface area contributed by atoms with Crippen LogP contribution in [0.2, 0.25) is 0 Å². The molecule has 1 aromatic rings. The summed E-state index contributed by atoms with van der Waals surface area (Å²) in [5.74, 6) is 0.798. The summed E-state index contributed by atoms with van der Waals surface area (Å²) < 4.78 is 2.04. The molecule has 1 atom stereocenters. The largest absolute Gasteiger partial charge is 0.247 e. The summed E-state index contributed by atoms with van der Waals surface area (Å²) in [6, 6.07) is 10.6. The van der Waals surface area contributed by atoms with E-state index in [1.807, 2.05) is 35.4 Å². The number of hydrogen-bond donors (Lipinski definition) is 1. The highest BCUT2D eigenvalue weighted by molar-refractivity contribution is 5.63. The van der Waals surface area contributed by atoms with E-state index in [1.165, 1.54) is 16.8 Å². The summed E-state index contributed by atoms with van der Waals surface area (Å²) in [5.41, 5.74) is 8.32. The van der Waals surface area contributed by atoms with Gasteiger partial charge in [0.25, 0.3) is 0 Å². The first kappa shape index (κ1) is 11.4. The highest BCUT2D eigenvalue weighted by atomic mass is 15.8. The van der Waals surface area contributed by atoms with Crippen LogP contribution in [0.3, 0.4) is 0 Å². The first-order valence-electron chi connectivity index (χ1n) is 6.63. The average Bonchev–Trinajstić information content (AvgIpc) is 3.04. The number of aromatic nitrogens is 3. The van der Waals surface area contributed by atoms with Crippen molar-refractivity contribution in [1.29, 1.82) is 0 Å². The van der Waals surface area contributed by atoms with E-state index in [1.54, 1.807) is 0 Å². The van der Waals surface area contributed by atoms with Crippen molar-refractivity contribution in [3.8, 4) is 11.4 Å². The molecule has 0 spiro atoms. The van der Waals surface area contributed by atoms with Gasteiger partial charge in [0.1, 0.15) is 6.33 Å². The summed E-state index contributed by atoms with van der Waals surface area (Å²) in [6.45, 7) is 2.14. The lowest BCUT2D eigenvalue weighted by atomic mass is 9.97. The second-order valence-corrected chi connectivity index (χ2v) is 5.10. The molecule has 1 unspecified atom stereocenters. The molecule has 1 N–H and O–H groups in total. The van der Waals surface area contributed by atoms with Crippen molar-refractivity contribution >= 4 is 0 Å². The van der Waals surface area contributed by atoms with Gasteiger partial charge in [-0.15, -0.1) is 0 Å². The van der Waals surface area contributed by atoms with Gasteiger partial charge in [0, 0.05) is 18.8 Å². The Hall–Kier alpha value is -2.40. The number of rotatable bonds is 1. The highest BCUT2D eigenvalue weighted by Gasteiger charge is 2.32. The second-order valence-electron chi connectivity index (χ2n) is 5.10. The Kier molecular flexibility index (Phi) is 2.31. The SMILES string of the molecule is Cc1ccccc1C1NN(C)n2cnc3nccc-3c21. The van der Waals surface area contributed by atoms with Gasteiger partial charge in [-0.05, 0) is 24.1 Å². The van der Waals surface area contributed by atoms with Crippen LogP contribution in [0.25, 0.3) is 11.4 Å². The van der Waals surface area contributed by atoms with Crippen molar-refractivity contribution in [3.05, 3.63) is 59.7 Å². The number of benzene rings is 1. The van der Waals surface area contributed by atoms with E-state index in [-0.39, 0.29) is 6.04 Å². The molecule has 5 nitrogen and oxygen atoms in total. The van der Waals surface area contributed by atoms with Crippen LogP contribution >= 0.6 is 0 Å². The van der Waals surface area contributed by atoms with Gasteiger partial charge >= 0.3 is 0 Å². The van der Waals surface area contributed by atoms with Crippen LogP contribution in [0.5, 0.6) is 0 Å². The molecule has 0 radical (unpaired) electrons. The lowest BCUT2D eigenvalue weighted by molar-refractivity contribution is 0.576. The summed E-state index contributed by atoms with van der Waals surface area (Å²) in [4.78, 5) is 8.69. The number of hydrogen-bond acceptors (Lipinski definition) is 4.